The minimum atomic E-state index is -1.72. The van der Waals surface area contributed by atoms with E-state index in [0.717, 1.165) is 0 Å². The van der Waals surface area contributed by atoms with Crippen LogP contribution in [0.1, 0.15) is 19.0 Å². The van der Waals surface area contributed by atoms with Crippen LogP contribution in [0.25, 0.3) is 0 Å². The van der Waals surface area contributed by atoms with Crippen molar-refractivity contribution >= 4 is 17.6 Å². The monoisotopic (exact) mass is 225 g/mol. The summed E-state index contributed by atoms with van der Waals surface area (Å²) in [7, 11) is 0. The van der Waals surface area contributed by atoms with Crippen LogP contribution in [-0.2, 0) is 10.2 Å². The van der Waals surface area contributed by atoms with Gasteiger partial charge in [-0.1, -0.05) is 18.5 Å². The molecule has 0 saturated heterocycles. The first-order valence-corrected chi connectivity index (χ1v) is 4.58. The molecule has 1 N–H and O–H groups in total. The lowest BCUT2D eigenvalue weighted by Crippen LogP contribution is -2.35. The summed E-state index contributed by atoms with van der Waals surface area (Å²) in [5.41, 5.74) is -1.73. The quantitative estimate of drug-likeness (QED) is 0.840. The van der Waals surface area contributed by atoms with Gasteiger partial charge in [-0.3, -0.25) is 9.78 Å². The lowest BCUT2D eigenvalue weighted by atomic mass is 9.83. The van der Waals surface area contributed by atoms with Gasteiger partial charge in [-0.25, -0.2) is 4.98 Å². The highest BCUT2D eigenvalue weighted by Gasteiger charge is 2.42. The SMILES string of the molecule is CCC(C#N)(C(=O)O)c1nccnc1Cl. The number of hydrogen-bond donors (Lipinski definition) is 1. The van der Waals surface area contributed by atoms with Crippen LogP contribution in [0, 0.1) is 11.3 Å². The van der Waals surface area contributed by atoms with Crippen molar-refractivity contribution < 1.29 is 9.90 Å². The number of hydrogen-bond acceptors (Lipinski definition) is 4. The topological polar surface area (TPSA) is 86.9 Å². The summed E-state index contributed by atoms with van der Waals surface area (Å²) in [6, 6.07) is 1.74. The van der Waals surface area contributed by atoms with Crippen molar-refractivity contribution in [2.45, 2.75) is 18.8 Å². The van der Waals surface area contributed by atoms with E-state index in [2.05, 4.69) is 9.97 Å². The second-order valence-electron chi connectivity index (χ2n) is 2.87. The van der Waals surface area contributed by atoms with Crippen molar-refractivity contribution in [3.63, 3.8) is 0 Å². The first kappa shape index (κ1) is 11.4. The zero-order valence-electron chi connectivity index (χ0n) is 7.94. The normalized spacial score (nSPS) is 13.9. The van der Waals surface area contributed by atoms with E-state index in [9.17, 15) is 4.79 Å². The van der Waals surface area contributed by atoms with Crippen LogP contribution < -0.4 is 0 Å². The highest BCUT2D eigenvalue weighted by atomic mass is 35.5. The van der Waals surface area contributed by atoms with Crippen LogP contribution in [0.3, 0.4) is 0 Å². The van der Waals surface area contributed by atoms with Crippen molar-refractivity contribution in [2.75, 3.05) is 0 Å². The molecule has 1 rings (SSSR count). The lowest BCUT2D eigenvalue weighted by Gasteiger charge is -2.19. The summed E-state index contributed by atoms with van der Waals surface area (Å²) in [5.74, 6) is -1.27. The number of carboxylic acid groups (broad SMARTS) is 1. The minimum Gasteiger partial charge on any atom is -0.480 e. The van der Waals surface area contributed by atoms with Crippen LogP contribution in [0.4, 0.5) is 0 Å². The summed E-state index contributed by atoms with van der Waals surface area (Å²) >= 11 is 5.72. The molecule has 0 amide bonds. The fourth-order valence-electron chi connectivity index (χ4n) is 1.21. The molecule has 0 spiro atoms. The van der Waals surface area contributed by atoms with E-state index >= 15 is 0 Å². The highest BCUT2D eigenvalue weighted by Crippen LogP contribution is 2.29. The highest BCUT2D eigenvalue weighted by molar-refractivity contribution is 6.30. The van der Waals surface area contributed by atoms with E-state index in [-0.39, 0.29) is 17.3 Å². The Balaban J connectivity index is 3.41. The molecule has 0 bridgehead atoms. The van der Waals surface area contributed by atoms with Crippen LogP contribution in [0.2, 0.25) is 5.15 Å². The van der Waals surface area contributed by atoms with Gasteiger partial charge in [-0.2, -0.15) is 5.26 Å². The maximum absolute atomic E-state index is 11.1. The van der Waals surface area contributed by atoms with Crippen molar-refractivity contribution in [3.05, 3.63) is 23.2 Å². The Kier molecular flexibility index (Phi) is 3.22. The third kappa shape index (κ3) is 1.76. The van der Waals surface area contributed by atoms with Gasteiger partial charge in [0, 0.05) is 12.4 Å². The molecule has 1 unspecified atom stereocenters. The Morgan fingerprint density at radius 2 is 2.27 bits per heavy atom. The molecule has 1 aromatic heterocycles. The van der Waals surface area contributed by atoms with E-state index in [4.69, 9.17) is 22.0 Å². The zero-order chi connectivity index (χ0) is 11.5. The fraction of sp³-hybridized carbons (Fsp3) is 0.333. The number of aromatic nitrogens is 2. The molecule has 0 aromatic carbocycles. The van der Waals surface area contributed by atoms with Gasteiger partial charge in [0.1, 0.15) is 5.69 Å². The molecule has 0 aliphatic carbocycles. The van der Waals surface area contributed by atoms with Gasteiger partial charge in [0.2, 0.25) is 0 Å². The predicted molar refractivity (Wildman–Crippen MR) is 52.3 cm³/mol. The molecular formula is C9H8ClN3O2. The van der Waals surface area contributed by atoms with Crippen molar-refractivity contribution in [2.24, 2.45) is 0 Å². The number of nitriles is 1. The van der Waals surface area contributed by atoms with Crippen molar-refractivity contribution in [3.8, 4) is 6.07 Å². The number of carboxylic acids is 1. The third-order valence-corrected chi connectivity index (χ3v) is 2.42. The molecule has 1 heterocycles. The number of halogens is 1. The summed E-state index contributed by atoms with van der Waals surface area (Å²) < 4.78 is 0. The van der Waals surface area contributed by atoms with E-state index < -0.39 is 11.4 Å². The van der Waals surface area contributed by atoms with Gasteiger partial charge < -0.3 is 5.11 Å². The Labute approximate surface area is 91.3 Å². The van der Waals surface area contributed by atoms with Gasteiger partial charge in [0.05, 0.1) is 6.07 Å². The van der Waals surface area contributed by atoms with Gasteiger partial charge in [-0.05, 0) is 6.42 Å². The van der Waals surface area contributed by atoms with E-state index in [1.54, 1.807) is 13.0 Å². The molecule has 1 atom stereocenters. The summed E-state index contributed by atoms with van der Waals surface area (Å²) in [6.07, 6.45) is 2.73. The minimum absolute atomic E-state index is 0.0100. The van der Waals surface area contributed by atoms with Crippen LogP contribution in [0.15, 0.2) is 12.4 Å². The molecule has 0 radical (unpaired) electrons. The van der Waals surface area contributed by atoms with Crippen LogP contribution in [-0.4, -0.2) is 21.0 Å². The molecule has 5 nitrogen and oxygen atoms in total. The van der Waals surface area contributed by atoms with Crippen molar-refractivity contribution in [1.29, 1.82) is 5.26 Å². The van der Waals surface area contributed by atoms with Gasteiger partial charge >= 0.3 is 5.97 Å². The number of aliphatic carboxylic acids is 1. The molecule has 0 aliphatic rings. The second-order valence-corrected chi connectivity index (χ2v) is 3.23. The molecule has 78 valence electrons. The largest absolute Gasteiger partial charge is 0.480 e. The second kappa shape index (κ2) is 4.24. The Bertz CT molecular complexity index is 430. The molecule has 1 aromatic rings. The van der Waals surface area contributed by atoms with E-state index in [0.29, 0.717) is 0 Å². The summed E-state index contributed by atoms with van der Waals surface area (Å²) in [4.78, 5) is 18.6. The predicted octanol–water partition coefficient (Wildman–Crippen LogP) is 1.39. The zero-order valence-corrected chi connectivity index (χ0v) is 8.69. The Morgan fingerprint density at radius 3 is 2.67 bits per heavy atom. The average molecular weight is 226 g/mol. The van der Waals surface area contributed by atoms with E-state index in [1.165, 1.54) is 12.4 Å². The van der Waals surface area contributed by atoms with Crippen LogP contribution >= 0.6 is 11.6 Å². The standard InChI is InChI=1S/C9H8ClN3O2/c1-2-9(5-11,8(14)15)6-7(10)13-4-3-12-6/h3-4H,2H2,1H3,(H,14,15). The Hall–Kier alpha value is -1.67. The first-order valence-electron chi connectivity index (χ1n) is 4.20. The number of rotatable bonds is 3. The molecule has 0 aliphatic heterocycles. The van der Waals surface area contributed by atoms with Gasteiger partial charge in [-0.15, -0.1) is 0 Å². The smallest absolute Gasteiger partial charge is 0.330 e. The molecular weight excluding hydrogens is 218 g/mol. The summed E-state index contributed by atoms with van der Waals surface area (Å²) in [6.45, 7) is 1.59. The maximum atomic E-state index is 11.1. The molecule has 15 heavy (non-hydrogen) atoms. The molecule has 6 heteroatoms. The Morgan fingerprint density at radius 1 is 1.67 bits per heavy atom. The van der Waals surface area contributed by atoms with Crippen molar-refractivity contribution in [1.82, 2.24) is 9.97 Å². The number of carbonyl (C=O) groups is 1. The first-order chi connectivity index (χ1) is 7.08. The third-order valence-electron chi connectivity index (χ3n) is 2.14. The molecule has 0 fully saturated rings. The average Bonchev–Trinajstić information content (AvgIpc) is 2.22. The lowest BCUT2D eigenvalue weighted by molar-refractivity contribution is -0.141. The number of nitrogens with zero attached hydrogens (tertiary/aromatic N) is 3. The fourth-order valence-corrected chi connectivity index (χ4v) is 1.47. The van der Waals surface area contributed by atoms with E-state index in [1.807, 2.05) is 0 Å². The maximum Gasteiger partial charge on any atom is 0.330 e. The van der Waals surface area contributed by atoms with Crippen LogP contribution in [0.5, 0.6) is 0 Å². The van der Waals surface area contributed by atoms with Gasteiger partial charge in [0.25, 0.3) is 0 Å². The summed E-state index contributed by atoms with van der Waals surface area (Å²) in [5, 5.41) is 18.0. The van der Waals surface area contributed by atoms with Gasteiger partial charge in [0.15, 0.2) is 10.6 Å². The molecule has 0 saturated carbocycles.